The van der Waals surface area contributed by atoms with E-state index < -0.39 is 5.41 Å². The lowest BCUT2D eigenvalue weighted by atomic mass is 9.58. The summed E-state index contributed by atoms with van der Waals surface area (Å²) < 4.78 is 7.31. The van der Waals surface area contributed by atoms with Gasteiger partial charge in [0, 0.05) is 29.5 Å². The summed E-state index contributed by atoms with van der Waals surface area (Å²) in [6, 6.07) is 10.1. The number of allylic oxidation sites excluding steroid dienone is 2. The van der Waals surface area contributed by atoms with Gasteiger partial charge in [-0.15, -0.1) is 0 Å². The van der Waals surface area contributed by atoms with E-state index in [0.717, 1.165) is 35.5 Å². The number of hydrogen-bond donors (Lipinski definition) is 0. The number of ketones is 1. The molecule has 138 valence electrons. The predicted octanol–water partition coefficient (Wildman–Crippen LogP) is 3.58. The third-order valence-corrected chi connectivity index (χ3v) is 6.32. The fraction of sp³-hybridized carbons (Fsp3) is 0.409. The number of methoxy groups -OCH3 is 1. The third kappa shape index (κ3) is 2.43. The van der Waals surface area contributed by atoms with Crippen LogP contribution in [0.1, 0.15) is 31.5 Å². The predicted molar refractivity (Wildman–Crippen MR) is 102 cm³/mol. The van der Waals surface area contributed by atoms with Crippen LogP contribution in [-0.4, -0.2) is 22.7 Å². The number of hydrogen-bond acceptors (Lipinski definition) is 4. The highest BCUT2D eigenvalue weighted by atomic mass is 16.5. The fourth-order valence-corrected chi connectivity index (χ4v) is 4.98. The van der Waals surface area contributed by atoms with Crippen molar-refractivity contribution in [1.29, 1.82) is 5.26 Å². The summed E-state index contributed by atoms with van der Waals surface area (Å²) in [5, 5.41) is 14.3. The van der Waals surface area contributed by atoms with Gasteiger partial charge in [0.1, 0.15) is 11.8 Å². The molecule has 0 bridgehead atoms. The summed E-state index contributed by atoms with van der Waals surface area (Å²) >= 11 is 0. The zero-order valence-corrected chi connectivity index (χ0v) is 16.1. The molecule has 0 saturated carbocycles. The monoisotopic (exact) mass is 361 g/mol. The van der Waals surface area contributed by atoms with Crippen LogP contribution in [0, 0.1) is 23.2 Å². The minimum atomic E-state index is -0.402. The number of Topliss-reactive ketones (excluding diaryl/α,β-unsaturated/α-hetero) is 1. The van der Waals surface area contributed by atoms with Crippen molar-refractivity contribution in [1.82, 2.24) is 9.78 Å². The normalized spacial score (nSPS) is 26.6. The number of benzene rings is 1. The molecule has 2 aliphatic rings. The van der Waals surface area contributed by atoms with Crippen LogP contribution in [0.4, 0.5) is 0 Å². The molecular formula is C22H23N3O2. The van der Waals surface area contributed by atoms with Crippen LogP contribution in [-0.2, 0) is 23.7 Å². The van der Waals surface area contributed by atoms with Crippen LogP contribution in [0.25, 0.3) is 11.3 Å². The maximum atomic E-state index is 12.5. The first-order valence-electron chi connectivity index (χ1n) is 9.28. The van der Waals surface area contributed by atoms with E-state index >= 15 is 0 Å². The quantitative estimate of drug-likeness (QED) is 0.820. The molecule has 3 atom stereocenters. The fourth-order valence-electron chi connectivity index (χ4n) is 4.98. The number of rotatable bonds is 2. The first-order chi connectivity index (χ1) is 12.9. The van der Waals surface area contributed by atoms with Crippen LogP contribution < -0.4 is 4.74 Å². The van der Waals surface area contributed by atoms with E-state index in [-0.39, 0.29) is 23.2 Å². The van der Waals surface area contributed by atoms with Crippen molar-refractivity contribution in [3.63, 3.8) is 0 Å². The van der Waals surface area contributed by atoms with Crippen molar-refractivity contribution in [2.75, 3.05) is 7.11 Å². The highest BCUT2D eigenvalue weighted by molar-refractivity contribution is 6.02. The Morgan fingerprint density at radius 1 is 1.41 bits per heavy atom. The Morgan fingerprint density at radius 2 is 2.19 bits per heavy atom. The number of fused-ring (bicyclic) bond motifs is 3. The third-order valence-electron chi connectivity index (χ3n) is 6.32. The summed E-state index contributed by atoms with van der Waals surface area (Å²) in [5.74, 6) is 0.783. The highest BCUT2D eigenvalue weighted by Crippen LogP contribution is 2.51. The SMILES string of the molecule is COc1cccc(-c2c3c(nn2C)[C@@]2(C)C=C(C#N)C(=O)[C@@H](C)[C@@H]2CC3)c1. The average Bonchev–Trinajstić information content (AvgIpc) is 3.02. The zero-order chi connectivity index (χ0) is 19.3. The van der Waals surface area contributed by atoms with Crippen molar-refractivity contribution < 1.29 is 9.53 Å². The second-order valence-corrected chi connectivity index (χ2v) is 7.78. The van der Waals surface area contributed by atoms with Gasteiger partial charge in [-0.3, -0.25) is 9.48 Å². The van der Waals surface area contributed by atoms with Crippen LogP contribution in [0.3, 0.4) is 0 Å². The molecule has 1 heterocycles. The Morgan fingerprint density at radius 3 is 2.89 bits per heavy atom. The first-order valence-corrected chi connectivity index (χ1v) is 9.28. The van der Waals surface area contributed by atoms with Gasteiger partial charge in [0.15, 0.2) is 5.78 Å². The lowest BCUT2D eigenvalue weighted by Crippen LogP contribution is -2.45. The van der Waals surface area contributed by atoms with Gasteiger partial charge in [-0.1, -0.05) is 32.1 Å². The van der Waals surface area contributed by atoms with E-state index in [2.05, 4.69) is 19.1 Å². The molecule has 4 rings (SSSR count). The van der Waals surface area contributed by atoms with Crippen LogP contribution in [0.2, 0.25) is 0 Å². The zero-order valence-electron chi connectivity index (χ0n) is 16.1. The van der Waals surface area contributed by atoms with E-state index in [0.29, 0.717) is 0 Å². The summed E-state index contributed by atoms with van der Waals surface area (Å²) in [6.45, 7) is 4.07. The molecule has 0 spiro atoms. The van der Waals surface area contributed by atoms with E-state index in [1.54, 1.807) is 7.11 Å². The standard InChI is InChI=1S/C22H23N3O2/c1-13-18-9-8-17-19(14-6-5-7-16(10-14)27-4)25(3)24-21(17)22(18,2)11-15(12-23)20(13)26/h5-7,10-11,13,18H,8-9H2,1-4H3/t13-,18-,22-/m0/s1. The van der Waals surface area contributed by atoms with Crippen molar-refractivity contribution in [2.24, 2.45) is 18.9 Å². The summed E-state index contributed by atoms with van der Waals surface area (Å²) in [6.07, 6.45) is 3.65. The summed E-state index contributed by atoms with van der Waals surface area (Å²) in [4.78, 5) is 12.5. The Balaban J connectivity index is 1.92. The number of aromatic nitrogens is 2. The molecule has 5 nitrogen and oxygen atoms in total. The highest BCUT2D eigenvalue weighted by Gasteiger charge is 2.50. The van der Waals surface area contributed by atoms with Crippen molar-refractivity contribution in [3.05, 3.63) is 47.2 Å². The average molecular weight is 361 g/mol. The summed E-state index contributed by atoms with van der Waals surface area (Å²) in [5.41, 5.74) is 4.21. The smallest absolute Gasteiger partial charge is 0.176 e. The van der Waals surface area contributed by atoms with E-state index in [1.807, 2.05) is 42.9 Å². The van der Waals surface area contributed by atoms with Gasteiger partial charge in [0.05, 0.1) is 24.1 Å². The van der Waals surface area contributed by atoms with Crippen molar-refractivity contribution >= 4 is 5.78 Å². The van der Waals surface area contributed by atoms with E-state index in [1.165, 1.54) is 5.56 Å². The molecule has 0 amide bonds. The van der Waals surface area contributed by atoms with Gasteiger partial charge in [0.2, 0.25) is 0 Å². The molecule has 1 aromatic carbocycles. The molecule has 1 aromatic heterocycles. The van der Waals surface area contributed by atoms with Gasteiger partial charge >= 0.3 is 0 Å². The van der Waals surface area contributed by atoms with E-state index in [4.69, 9.17) is 9.84 Å². The molecule has 27 heavy (non-hydrogen) atoms. The molecule has 2 aromatic rings. The van der Waals surface area contributed by atoms with Gasteiger partial charge in [0.25, 0.3) is 0 Å². The largest absolute Gasteiger partial charge is 0.497 e. The Kier molecular flexibility index (Phi) is 3.96. The number of ether oxygens (including phenoxy) is 1. The number of nitrogens with zero attached hydrogens (tertiary/aromatic N) is 3. The number of nitriles is 1. The first kappa shape index (κ1) is 17.5. The van der Waals surface area contributed by atoms with Gasteiger partial charge in [-0.2, -0.15) is 10.4 Å². The van der Waals surface area contributed by atoms with E-state index in [9.17, 15) is 10.1 Å². The molecule has 0 radical (unpaired) electrons. The van der Waals surface area contributed by atoms with Gasteiger partial charge < -0.3 is 4.74 Å². The van der Waals surface area contributed by atoms with Crippen molar-refractivity contribution in [3.8, 4) is 23.1 Å². The Bertz CT molecular complexity index is 1010. The Hall–Kier alpha value is -2.87. The maximum absolute atomic E-state index is 12.5. The van der Waals surface area contributed by atoms with Gasteiger partial charge in [-0.05, 0) is 30.9 Å². The number of carbonyl (C=O) groups is 1. The van der Waals surface area contributed by atoms with Crippen LogP contribution >= 0.6 is 0 Å². The molecular weight excluding hydrogens is 338 g/mol. The number of aryl methyl sites for hydroxylation is 1. The number of carbonyl (C=O) groups excluding carboxylic acids is 1. The molecule has 0 N–H and O–H groups in total. The second-order valence-electron chi connectivity index (χ2n) is 7.78. The molecule has 2 aliphatic carbocycles. The van der Waals surface area contributed by atoms with Crippen LogP contribution in [0.15, 0.2) is 35.9 Å². The van der Waals surface area contributed by atoms with Crippen LogP contribution in [0.5, 0.6) is 5.75 Å². The van der Waals surface area contributed by atoms with Gasteiger partial charge in [-0.25, -0.2) is 0 Å². The summed E-state index contributed by atoms with van der Waals surface area (Å²) in [7, 11) is 3.62. The maximum Gasteiger partial charge on any atom is 0.176 e. The molecule has 0 fully saturated rings. The lowest BCUT2D eigenvalue weighted by molar-refractivity contribution is -0.121. The minimum Gasteiger partial charge on any atom is -0.497 e. The second kappa shape index (κ2) is 6.09. The topological polar surface area (TPSA) is 67.9 Å². The molecule has 5 heteroatoms. The molecule has 0 saturated heterocycles. The Labute approximate surface area is 159 Å². The molecule has 0 aliphatic heterocycles. The molecule has 0 unspecified atom stereocenters. The lowest BCUT2D eigenvalue weighted by Gasteiger charge is -2.44. The van der Waals surface area contributed by atoms with Crippen molar-refractivity contribution in [2.45, 2.75) is 32.1 Å². The minimum absolute atomic E-state index is 0.0348.